The first-order valence-electron chi connectivity index (χ1n) is 13.9. The van der Waals surface area contributed by atoms with Gasteiger partial charge in [-0.15, -0.1) is 0 Å². The van der Waals surface area contributed by atoms with E-state index < -0.39 is 11.7 Å². The zero-order valence-electron chi connectivity index (χ0n) is 22.9. The summed E-state index contributed by atoms with van der Waals surface area (Å²) in [6.45, 7) is 3.23. The molecule has 0 aliphatic carbocycles. The van der Waals surface area contributed by atoms with Crippen LogP contribution in [0.4, 0.5) is 21.5 Å². The Morgan fingerprint density at radius 2 is 1.62 bits per heavy atom. The van der Waals surface area contributed by atoms with Crippen molar-refractivity contribution >= 4 is 40.1 Å². The summed E-state index contributed by atoms with van der Waals surface area (Å²) < 4.78 is 13.8. The minimum atomic E-state index is -0.632. The number of nitrogens with one attached hydrogen (secondary N) is 3. The number of benzene rings is 4. The van der Waals surface area contributed by atoms with Crippen molar-refractivity contribution in [3.8, 4) is 11.8 Å². The number of anilines is 3. The first-order valence-corrected chi connectivity index (χ1v) is 13.9. The van der Waals surface area contributed by atoms with Gasteiger partial charge >= 0.3 is 5.91 Å². The largest absolute Gasteiger partial charge is 0.354 e. The molecule has 0 bridgehead atoms. The van der Waals surface area contributed by atoms with Crippen LogP contribution in [0.15, 0.2) is 97.1 Å². The Bertz CT molecular complexity index is 1730. The molecule has 4 aromatic carbocycles. The first-order chi connectivity index (χ1) is 20.5. The van der Waals surface area contributed by atoms with Gasteiger partial charge in [0.2, 0.25) is 0 Å². The number of halogens is 1. The van der Waals surface area contributed by atoms with Crippen LogP contribution in [0.25, 0.3) is 11.3 Å². The minimum Gasteiger partial charge on any atom is -0.354 e. The van der Waals surface area contributed by atoms with E-state index in [1.165, 1.54) is 30.5 Å². The standard InChI is InChI=1S/C35H29FN4O2/c36-29-10-4-5-11-30(29)38-32(41)19-15-24-14-18-28-31(22-24)39-35(42)33(28)34(26-8-2-1-3-9-26)37-27-16-12-25(13-17-27)23-40-20-6-7-21-40/h1-5,8-14,16-18,22,37H,6-7,20-21,23H2,(H,38,41)(H,39,42)/b34-33-. The maximum absolute atomic E-state index is 13.8. The molecular weight excluding hydrogens is 527 g/mol. The van der Waals surface area contributed by atoms with Crippen molar-refractivity contribution in [2.24, 2.45) is 0 Å². The highest BCUT2D eigenvalue weighted by atomic mass is 19.1. The molecule has 2 aliphatic heterocycles. The lowest BCUT2D eigenvalue weighted by atomic mass is 9.99. The van der Waals surface area contributed by atoms with Crippen LogP contribution in [0.5, 0.6) is 0 Å². The molecule has 1 saturated heterocycles. The van der Waals surface area contributed by atoms with E-state index in [2.05, 4.69) is 44.8 Å². The SMILES string of the molecule is O=C(C#Cc1ccc2c(c1)NC(=O)/C2=C(\Nc1ccc(CN2CCCC2)cc1)c1ccccc1)Nc1ccccc1F. The van der Waals surface area contributed by atoms with Gasteiger partial charge in [-0.3, -0.25) is 14.5 Å². The van der Waals surface area contributed by atoms with Gasteiger partial charge in [0.05, 0.1) is 22.6 Å². The smallest absolute Gasteiger partial charge is 0.300 e. The number of amides is 2. The van der Waals surface area contributed by atoms with Crippen molar-refractivity contribution in [3.05, 3.63) is 125 Å². The second-order valence-electron chi connectivity index (χ2n) is 10.3. The van der Waals surface area contributed by atoms with E-state index in [1.54, 1.807) is 24.3 Å². The molecule has 0 spiro atoms. The monoisotopic (exact) mass is 556 g/mol. The van der Waals surface area contributed by atoms with E-state index in [-0.39, 0.29) is 11.6 Å². The molecule has 2 heterocycles. The van der Waals surface area contributed by atoms with Gasteiger partial charge in [-0.25, -0.2) is 4.39 Å². The Balaban J connectivity index is 1.27. The van der Waals surface area contributed by atoms with Gasteiger partial charge in [-0.2, -0.15) is 0 Å². The Hall–Kier alpha value is -5.19. The molecule has 6 rings (SSSR count). The summed E-state index contributed by atoms with van der Waals surface area (Å²) in [4.78, 5) is 28.1. The van der Waals surface area contributed by atoms with Crippen molar-refractivity contribution in [2.75, 3.05) is 29.0 Å². The van der Waals surface area contributed by atoms with E-state index in [1.807, 2.05) is 48.5 Å². The zero-order chi connectivity index (χ0) is 28.9. The Morgan fingerprint density at radius 3 is 2.38 bits per heavy atom. The maximum atomic E-state index is 13.8. The average Bonchev–Trinajstić information content (AvgIpc) is 3.64. The molecule has 3 N–H and O–H groups in total. The molecule has 0 aromatic heterocycles. The van der Waals surface area contributed by atoms with Crippen LogP contribution in [0.1, 0.15) is 35.1 Å². The summed E-state index contributed by atoms with van der Waals surface area (Å²) in [5.74, 6) is 3.90. The van der Waals surface area contributed by atoms with Gasteiger partial charge in [0.15, 0.2) is 0 Å². The second kappa shape index (κ2) is 12.1. The second-order valence-corrected chi connectivity index (χ2v) is 10.3. The van der Waals surface area contributed by atoms with E-state index >= 15 is 0 Å². The van der Waals surface area contributed by atoms with E-state index in [4.69, 9.17) is 0 Å². The third-order valence-electron chi connectivity index (χ3n) is 7.35. The lowest BCUT2D eigenvalue weighted by Gasteiger charge is -2.17. The fraction of sp³-hybridized carbons (Fsp3) is 0.143. The van der Waals surface area contributed by atoms with Gasteiger partial charge < -0.3 is 16.0 Å². The Kier molecular flexibility index (Phi) is 7.80. The van der Waals surface area contributed by atoms with Crippen molar-refractivity contribution in [1.29, 1.82) is 0 Å². The molecule has 0 atom stereocenters. The van der Waals surface area contributed by atoms with Crippen molar-refractivity contribution in [2.45, 2.75) is 19.4 Å². The van der Waals surface area contributed by atoms with Gasteiger partial charge in [-0.1, -0.05) is 66.6 Å². The lowest BCUT2D eigenvalue weighted by Crippen LogP contribution is -2.18. The van der Waals surface area contributed by atoms with E-state index in [9.17, 15) is 14.0 Å². The Labute approximate surface area is 244 Å². The summed E-state index contributed by atoms with van der Waals surface area (Å²) in [6, 6.07) is 29.3. The maximum Gasteiger partial charge on any atom is 0.300 e. The van der Waals surface area contributed by atoms with E-state index in [0.29, 0.717) is 22.5 Å². The first kappa shape index (κ1) is 27.0. The predicted octanol–water partition coefficient (Wildman–Crippen LogP) is 6.34. The number of likely N-dealkylation sites (tertiary alicyclic amines) is 1. The normalized spacial score (nSPS) is 15.3. The molecule has 2 aliphatic rings. The molecule has 6 nitrogen and oxygen atoms in total. The number of hydrogen-bond acceptors (Lipinski definition) is 4. The van der Waals surface area contributed by atoms with Crippen molar-refractivity contribution < 1.29 is 14.0 Å². The summed E-state index contributed by atoms with van der Waals surface area (Å²) in [7, 11) is 0. The molecule has 4 aromatic rings. The quantitative estimate of drug-likeness (QED) is 0.191. The average molecular weight is 557 g/mol. The molecule has 1 fully saturated rings. The molecule has 0 unspecified atom stereocenters. The van der Waals surface area contributed by atoms with Gasteiger partial charge in [0.25, 0.3) is 5.91 Å². The molecular formula is C35H29FN4O2. The number of hydrogen-bond donors (Lipinski definition) is 3. The van der Waals surface area contributed by atoms with Crippen LogP contribution in [0.3, 0.4) is 0 Å². The molecule has 0 saturated carbocycles. The number of nitrogens with zero attached hydrogens (tertiary/aromatic N) is 1. The van der Waals surface area contributed by atoms with Crippen molar-refractivity contribution in [1.82, 2.24) is 4.90 Å². The molecule has 2 amide bonds. The topological polar surface area (TPSA) is 73.5 Å². The van der Waals surface area contributed by atoms with Crippen LogP contribution in [-0.4, -0.2) is 29.8 Å². The summed E-state index contributed by atoms with van der Waals surface area (Å²) in [5, 5.41) is 8.90. The highest BCUT2D eigenvalue weighted by Gasteiger charge is 2.28. The zero-order valence-corrected chi connectivity index (χ0v) is 22.9. The van der Waals surface area contributed by atoms with Gasteiger partial charge in [-0.05, 0) is 73.5 Å². The Morgan fingerprint density at radius 1 is 0.881 bits per heavy atom. The summed E-state index contributed by atoms with van der Waals surface area (Å²) >= 11 is 0. The van der Waals surface area contributed by atoms with E-state index in [0.717, 1.165) is 36.4 Å². The highest BCUT2D eigenvalue weighted by Crippen LogP contribution is 2.38. The third-order valence-corrected chi connectivity index (χ3v) is 7.35. The summed E-state index contributed by atoms with van der Waals surface area (Å²) in [6.07, 6.45) is 2.52. The number of carbonyl (C=O) groups is 2. The minimum absolute atomic E-state index is 0.0648. The molecule has 0 radical (unpaired) electrons. The van der Waals surface area contributed by atoms with Crippen LogP contribution in [-0.2, 0) is 16.1 Å². The fourth-order valence-corrected chi connectivity index (χ4v) is 5.26. The number of fused-ring (bicyclic) bond motifs is 1. The lowest BCUT2D eigenvalue weighted by molar-refractivity contribution is -0.111. The fourth-order valence-electron chi connectivity index (χ4n) is 5.26. The van der Waals surface area contributed by atoms with Crippen molar-refractivity contribution in [3.63, 3.8) is 0 Å². The third kappa shape index (κ3) is 6.09. The highest BCUT2D eigenvalue weighted by molar-refractivity contribution is 6.37. The summed E-state index contributed by atoms with van der Waals surface area (Å²) in [5.41, 5.74) is 6.19. The number of carbonyl (C=O) groups excluding carboxylic acids is 2. The van der Waals surface area contributed by atoms with Crippen LogP contribution >= 0.6 is 0 Å². The van der Waals surface area contributed by atoms with Crippen LogP contribution in [0, 0.1) is 17.7 Å². The molecule has 42 heavy (non-hydrogen) atoms. The number of para-hydroxylation sites is 1. The van der Waals surface area contributed by atoms with Gasteiger partial charge in [0.1, 0.15) is 5.82 Å². The van der Waals surface area contributed by atoms with Crippen LogP contribution in [0.2, 0.25) is 0 Å². The molecule has 208 valence electrons. The van der Waals surface area contributed by atoms with Crippen LogP contribution < -0.4 is 16.0 Å². The van der Waals surface area contributed by atoms with Gasteiger partial charge in [0, 0.05) is 29.3 Å². The molecule has 7 heteroatoms. The number of rotatable bonds is 6. The predicted molar refractivity (Wildman–Crippen MR) is 165 cm³/mol.